The molecule has 0 atom stereocenters. The molecule has 0 aliphatic heterocycles. The lowest BCUT2D eigenvalue weighted by Crippen LogP contribution is -2.08. The van der Waals surface area contributed by atoms with Crippen LogP contribution < -0.4 is 0 Å². The smallest absolute Gasteiger partial charge is 0.323 e. The van der Waals surface area contributed by atoms with E-state index in [1.165, 1.54) is 6.33 Å². The van der Waals surface area contributed by atoms with Crippen LogP contribution in [0.15, 0.2) is 35.5 Å². The molecule has 2 aromatic heterocycles. The van der Waals surface area contributed by atoms with Gasteiger partial charge in [-0.2, -0.15) is 0 Å². The predicted octanol–water partition coefficient (Wildman–Crippen LogP) is 1.79. The number of carboxylic acid groups (broad SMARTS) is 1. The number of pyridine rings is 1. The van der Waals surface area contributed by atoms with E-state index in [0.717, 1.165) is 11.3 Å². The van der Waals surface area contributed by atoms with Crippen LogP contribution >= 0.6 is 15.9 Å². The number of hydrogen-bond acceptors (Lipinski definition) is 3. The fourth-order valence-electron chi connectivity index (χ4n) is 1.42. The van der Waals surface area contributed by atoms with Gasteiger partial charge in [0.15, 0.2) is 0 Å². The summed E-state index contributed by atoms with van der Waals surface area (Å²) in [4.78, 5) is 18.6. The number of carboxylic acids is 1. The zero-order valence-corrected chi connectivity index (χ0v) is 9.75. The highest BCUT2D eigenvalue weighted by atomic mass is 79.9. The number of aliphatic carboxylic acids is 1. The molecule has 0 saturated carbocycles. The van der Waals surface area contributed by atoms with Crippen molar-refractivity contribution >= 4 is 21.9 Å². The van der Waals surface area contributed by atoms with Crippen LogP contribution in [0.25, 0.3) is 11.3 Å². The molecule has 2 aromatic rings. The van der Waals surface area contributed by atoms with Gasteiger partial charge in [0.25, 0.3) is 0 Å². The lowest BCUT2D eigenvalue weighted by Gasteiger charge is -2.05. The van der Waals surface area contributed by atoms with E-state index in [2.05, 4.69) is 25.9 Å². The first kappa shape index (κ1) is 10.8. The molecule has 16 heavy (non-hydrogen) atoms. The second-order valence-corrected chi connectivity index (χ2v) is 3.89. The van der Waals surface area contributed by atoms with Gasteiger partial charge in [-0.05, 0) is 28.1 Å². The van der Waals surface area contributed by atoms with Crippen molar-refractivity contribution in [2.45, 2.75) is 6.54 Å². The highest BCUT2D eigenvalue weighted by Crippen LogP contribution is 2.26. The molecule has 6 heteroatoms. The maximum Gasteiger partial charge on any atom is 0.323 e. The molecular weight excluding hydrogens is 274 g/mol. The first-order valence-corrected chi connectivity index (χ1v) is 5.30. The van der Waals surface area contributed by atoms with Crippen LogP contribution in [0.5, 0.6) is 0 Å². The molecular formula is C10H8BrN3O2. The number of imidazole rings is 1. The average molecular weight is 282 g/mol. The monoisotopic (exact) mass is 281 g/mol. The van der Waals surface area contributed by atoms with E-state index in [-0.39, 0.29) is 6.54 Å². The average Bonchev–Trinajstić information content (AvgIpc) is 2.60. The third-order valence-corrected chi connectivity index (χ3v) is 2.63. The van der Waals surface area contributed by atoms with Gasteiger partial charge in [-0.1, -0.05) is 0 Å². The molecule has 2 heterocycles. The molecule has 0 fully saturated rings. The van der Waals surface area contributed by atoms with E-state index in [9.17, 15) is 4.79 Å². The molecule has 1 N–H and O–H groups in total. The van der Waals surface area contributed by atoms with Crippen molar-refractivity contribution in [3.63, 3.8) is 0 Å². The van der Waals surface area contributed by atoms with Gasteiger partial charge in [-0.25, -0.2) is 4.98 Å². The number of hydrogen-bond donors (Lipinski definition) is 1. The Labute approximate surface area is 99.9 Å². The van der Waals surface area contributed by atoms with E-state index < -0.39 is 5.97 Å². The standard InChI is InChI=1S/C10H8BrN3O2/c11-10-9(7-1-3-12-4-2-7)14(6-13-10)5-8(15)16/h1-4,6H,5H2,(H,15,16). The van der Waals surface area contributed by atoms with Gasteiger partial charge in [0.05, 0.1) is 12.0 Å². The summed E-state index contributed by atoms with van der Waals surface area (Å²) in [5, 5.41) is 8.77. The fourth-order valence-corrected chi connectivity index (χ4v) is 1.97. The van der Waals surface area contributed by atoms with Crippen LogP contribution in [0.1, 0.15) is 0 Å². The van der Waals surface area contributed by atoms with Crippen LogP contribution in [0.2, 0.25) is 0 Å². The summed E-state index contributed by atoms with van der Waals surface area (Å²) in [5.41, 5.74) is 1.62. The first-order valence-electron chi connectivity index (χ1n) is 4.51. The quantitative estimate of drug-likeness (QED) is 0.932. The molecule has 0 spiro atoms. The molecule has 0 radical (unpaired) electrons. The van der Waals surface area contributed by atoms with E-state index in [1.54, 1.807) is 29.1 Å². The summed E-state index contributed by atoms with van der Waals surface area (Å²) < 4.78 is 2.20. The Balaban J connectivity index is 2.47. The number of rotatable bonds is 3. The minimum Gasteiger partial charge on any atom is -0.480 e. The predicted molar refractivity (Wildman–Crippen MR) is 60.8 cm³/mol. The zero-order chi connectivity index (χ0) is 11.5. The normalized spacial score (nSPS) is 10.3. The van der Waals surface area contributed by atoms with Crippen LogP contribution in [0.4, 0.5) is 0 Å². The second kappa shape index (κ2) is 4.44. The lowest BCUT2D eigenvalue weighted by atomic mass is 10.2. The van der Waals surface area contributed by atoms with Gasteiger partial charge >= 0.3 is 5.97 Å². The Morgan fingerprint density at radius 1 is 1.44 bits per heavy atom. The van der Waals surface area contributed by atoms with Gasteiger partial charge < -0.3 is 9.67 Å². The Bertz CT molecular complexity index is 510. The molecule has 5 nitrogen and oxygen atoms in total. The van der Waals surface area contributed by atoms with Crippen molar-refractivity contribution < 1.29 is 9.90 Å². The molecule has 0 aromatic carbocycles. The molecule has 0 unspecified atom stereocenters. The number of halogens is 1. The van der Waals surface area contributed by atoms with Crippen molar-refractivity contribution in [3.8, 4) is 11.3 Å². The summed E-state index contributed by atoms with van der Waals surface area (Å²) in [6, 6.07) is 3.61. The number of nitrogens with zero attached hydrogens (tertiary/aromatic N) is 3. The van der Waals surface area contributed by atoms with Crippen molar-refractivity contribution in [2.24, 2.45) is 0 Å². The molecule has 0 bridgehead atoms. The lowest BCUT2D eigenvalue weighted by molar-refractivity contribution is -0.137. The minimum absolute atomic E-state index is 0.115. The number of carbonyl (C=O) groups is 1. The summed E-state index contributed by atoms with van der Waals surface area (Å²) in [7, 11) is 0. The Morgan fingerprint density at radius 3 is 2.75 bits per heavy atom. The first-order chi connectivity index (χ1) is 7.68. The van der Waals surface area contributed by atoms with E-state index in [1.807, 2.05) is 0 Å². The second-order valence-electron chi connectivity index (χ2n) is 3.14. The maximum absolute atomic E-state index is 10.7. The van der Waals surface area contributed by atoms with Gasteiger partial charge in [-0.3, -0.25) is 9.78 Å². The van der Waals surface area contributed by atoms with Crippen LogP contribution in [-0.2, 0) is 11.3 Å². The topological polar surface area (TPSA) is 68.0 Å². The van der Waals surface area contributed by atoms with Crippen molar-refractivity contribution in [3.05, 3.63) is 35.5 Å². The summed E-state index contributed by atoms with van der Waals surface area (Å²) in [6.45, 7) is -0.115. The van der Waals surface area contributed by atoms with Gasteiger partial charge in [-0.15, -0.1) is 0 Å². The molecule has 82 valence electrons. The molecule has 2 rings (SSSR count). The summed E-state index contributed by atoms with van der Waals surface area (Å²) >= 11 is 3.30. The highest BCUT2D eigenvalue weighted by Gasteiger charge is 2.12. The molecule has 0 amide bonds. The third kappa shape index (κ3) is 2.11. The number of aromatic nitrogens is 3. The Hall–Kier alpha value is -1.69. The molecule has 0 saturated heterocycles. The zero-order valence-electron chi connectivity index (χ0n) is 8.17. The van der Waals surface area contributed by atoms with Crippen molar-refractivity contribution in [1.82, 2.24) is 14.5 Å². The molecule has 0 aliphatic rings. The summed E-state index contributed by atoms with van der Waals surface area (Å²) in [5.74, 6) is -0.903. The highest BCUT2D eigenvalue weighted by molar-refractivity contribution is 9.10. The van der Waals surface area contributed by atoms with Crippen LogP contribution in [0.3, 0.4) is 0 Å². The van der Waals surface area contributed by atoms with E-state index in [0.29, 0.717) is 4.60 Å². The van der Waals surface area contributed by atoms with E-state index in [4.69, 9.17) is 5.11 Å². The van der Waals surface area contributed by atoms with Gasteiger partial charge in [0.2, 0.25) is 0 Å². The SMILES string of the molecule is O=C(O)Cn1cnc(Br)c1-c1ccncc1. The van der Waals surface area contributed by atoms with Gasteiger partial charge in [0.1, 0.15) is 11.1 Å². The largest absolute Gasteiger partial charge is 0.480 e. The van der Waals surface area contributed by atoms with Crippen LogP contribution in [0, 0.1) is 0 Å². The van der Waals surface area contributed by atoms with Crippen LogP contribution in [-0.4, -0.2) is 25.6 Å². The summed E-state index contributed by atoms with van der Waals surface area (Å²) in [6.07, 6.45) is 4.80. The van der Waals surface area contributed by atoms with Crippen molar-refractivity contribution in [1.29, 1.82) is 0 Å². The Kier molecular flexibility index (Phi) is 3.00. The van der Waals surface area contributed by atoms with E-state index >= 15 is 0 Å². The van der Waals surface area contributed by atoms with Gasteiger partial charge in [0, 0.05) is 18.0 Å². The van der Waals surface area contributed by atoms with Crippen molar-refractivity contribution in [2.75, 3.05) is 0 Å². The third-order valence-electron chi connectivity index (χ3n) is 2.05. The minimum atomic E-state index is -0.903. The maximum atomic E-state index is 10.7. The Morgan fingerprint density at radius 2 is 2.12 bits per heavy atom. The molecule has 0 aliphatic carbocycles. The fraction of sp³-hybridized carbons (Fsp3) is 0.100.